The normalized spacial score (nSPS) is 21.4. The second-order valence-corrected chi connectivity index (χ2v) is 3.68. The first-order chi connectivity index (χ1) is 5.79. The van der Waals surface area contributed by atoms with E-state index in [4.69, 9.17) is 0 Å². The molecule has 0 aliphatic carbocycles. The lowest BCUT2D eigenvalue weighted by Gasteiger charge is -2.15. The molecule has 0 aromatic carbocycles. The van der Waals surface area contributed by atoms with Crippen molar-refractivity contribution >= 4 is 0 Å². The van der Waals surface area contributed by atoms with Gasteiger partial charge in [0, 0.05) is 25.0 Å². The molecule has 0 saturated heterocycles. The van der Waals surface area contributed by atoms with Crippen molar-refractivity contribution in [1.29, 1.82) is 0 Å². The van der Waals surface area contributed by atoms with Crippen LogP contribution in [0, 0.1) is 5.92 Å². The summed E-state index contributed by atoms with van der Waals surface area (Å²) in [6, 6.07) is 2.61. The van der Waals surface area contributed by atoms with Gasteiger partial charge in [0.2, 0.25) is 0 Å². The number of hydrogen-bond acceptors (Lipinski definition) is 2. The van der Waals surface area contributed by atoms with E-state index in [0.717, 1.165) is 6.54 Å². The fourth-order valence-electron chi connectivity index (χ4n) is 1.80. The lowest BCUT2D eigenvalue weighted by molar-refractivity contribution is 0.441. The largest absolute Gasteiger partial charge is 0.306 e. The SMILES string of the molecule is CC(C)C1NCc2ccncc21. The van der Waals surface area contributed by atoms with E-state index in [1.807, 2.05) is 12.4 Å². The van der Waals surface area contributed by atoms with Crippen LogP contribution in [0.3, 0.4) is 0 Å². The molecule has 0 radical (unpaired) electrons. The minimum atomic E-state index is 0.508. The number of nitrogens with zero attached hydrogens (tertiary/aromatic N) is 1. The summed E-state index contributed by atoms with van der Waals surface area (Å²) in [6.07, 6.45) is 3.85. The summed E-state index contributed by atoms with van der Waals surface area (Å²) >= 11 is 0. The van der Waals surface area contributed by atoms with E-state index >= 15 is 0 Å². The molecule has 2 nitrogen and oxygen atoms in total. The Morgan fingerprint density at radius 1 is 1.58 bits per heavy atom. The average Bonchev–Trinajstić information content (AvgIpc) is 2.47. The number of fused-ring (bicyclic) bond motifs is 1. The van der Waals surface area contributed by atoms with Gasteiger partial charge < -0.3 is 5.32 Å². The molecule has 2 heteroatoms. The molecule has 0 amide bonds. The maximum atomic E-state index is 4.15. The van der Waals surface area contributed by atoms with Crippen LogP contribution in [0.1, 0.15) is 31.0 Å². The quantitative estimate of drug-likeness (QED) is 0.682. The molecule has 0 bridgehead atoms. The van der Waals surface area contributed by atoms with Crippen LogP contribution < -0.4 is 5.32 Å². The highest BCUT2D eigenvalue weighted by atomic mass is 14.9. The smallest absolute Gasteiger partial charge is 0.0364 e. The molecule has 1 unspecified atom stereocenters. The summed E-state index contributed by atoms with van der Waals surface area (Å²) in [5.41, 5.74) is 2.79. The summed E-state index contributed by atoms with van der Waals surface area (Å²) in [5, 5.41) is 3.48. The highest BCUT2D eigenvalue weighted by Crippen LogP contribution is 2.29. The Hall–Kier alpha value is -0.890. The van der Waals surface area contributed by atoms with Gasteiger partial charge in [0.15, 0.2) is 0 Å². The van der Waals surface area contributed by atoms with Crippen LogP contribution in [-0.2, 0) is 6.54 Å². The van der Waals surface area contributed by atoms with Crippen molar-refractivity contribution in [2.75, 3.05) is 0 Å². The van der Waals surface area contributed by atoms with E-state index in [1.165, 1.54) is 11.1 Å². The minimum absolute atomic E-state index is 0.508. The van der Waals surface area contributed by atoms with Crippen LogP contribution in [0.2, 0.25) is 0 Å². The molecule has 1 atom stereocenters. The van der Waals surface area contributed by atoms with Gasteiger partial charge in [-0.1, -0.05) is 13.8 Å². The molecule has 64 valence electrons. The molecular formula is C10H14N2. The first-order valence-electron chi connectivity index (χ1n) is 4.45. The third-order valence-electron chi connectivity index (χ3n) is 2.46. The van der Waals surface area contributed by atoms with E-state index in [0.29, 0.717) is 12.0 Å². The van der Waals surface area contributed by atoms with Crippen molar-refractivity contribution in [3.05, 3.63) is 29.6 Å². The Morgan fingerprint density at radius 3 is 3.17 bits per heavy atom. The van der Waals surface area contributed by atoms with Crippen LogP contribution in [-0.4, -0.2) is 4.98 Å². The van der Waals surface area contributed by atoms with Crippen molar-refractivity contribution in [3.8, 4) is 0 Å². The van der Waals surface area contributed by atoms with Gasteiger partial charge in [-0.2, -0.15) is 0 Å². The van der Waals surface area contributed by atoms with E-state index in [9.17, 15) is 0 Å². The summed E-state index contributed by atoms with van der Waals surface area (Å²) in [5.74, 6) is 0.649. The Morgan fingerprint density at radius 2 is 2.42 bits per heavy atom. The zero-order valence-corrected chi connectivity index (χ0v) is 7.54. The molecular weight excluding hydrogens is 148 g/mol. The standard InChI is InChI=1S/C10H14N2/c1-7(2)10-9-6-11-4-3-8(9)5-12-10/h3-4,6-7,10,12H,5H2,1-2H3. The summed E-state index contributed by atoms with van der Waals surface area (Å²) in [7, 11) is 0. The molecule has 1 aromatic rings. The second kappa shape index (κ2) is 2.87. The maximum absolute atomic E-state index is 4.15. The van der Waals surface area contributed by atoms with Crippen molar-refractivity contribution < 1.29 is 0 Å². The predicted molar refractivity (Wildman–Crippen MR) is 48.7 cm³/mol. The number of aromatic nitrogens is 1. The highest BCUT2D eigenvalue weighted by Gasteiger charge is 2.23. The van der Waals surface area contributed by atoms with Crippen LogP contribution in [0.4, 0.5) is 0 Å². The van der Waals surface area contributed by atoms with Crippen molar-refractivity contribution in [2.45, 2.75) is 26.4 Å². The van der Waals surface area contributed by atoms with Crippen LogP contribution in [0.5, 0.6) is 0 Å². The molecule has 0 spiro atoms. The Bertz CT molecular complexity index is 281. The fourth-order valence-corrected chi connectivity index (χ4v) is 1.80. The zero-order valence-electron chi connectivity index (χ0n) is 7.54. The summed E-state index contributed by atoms with van der Waals surface area (Å²) < 4.78 is 0. The zero-order chi connectivity index (χ0) is 8.55. The summed E-state index contributed by atoms with van der Waals surface area (Å²) in [6.45, 7) is 5.47. The lowest BCUT2D eigenvalue weighted by Crippen LogP contribution is -2.17. The predicted octanol–water partition coefficient (Wildman–Crippen LogP) is 1.88. The molecule has 2 rings (SSSR count). The monoisotopic (exact) mass is 162 g/mol. The van der Waals surface area contributed by atoms with E-state index in [1.54, 1.807) is 0 Å². The number of rotatable bonds is 1. The van der Waals surface area contributed by atoms with Gasteiger partial charge in [0.05, 0.1) is 0 Å². The second-order valence-electron chi connectivity index (χ2n) is 3.68. The topological polar surface area (TPSA) is 24.9 Å². The van der Waals surface area contributed by atoms with Gasteiger partial charge in [0.1, 0.15) is 0 Å². The van der Waals surface area contributed by atoms with Gasteiger partial charge in [-0.3, -0.25) is 4.98 Å². The third kappa shape index (κ3) is 1.12. The van der Waals surface area contributed by atoms with Crippen LogP contribution >= 0.6 is 0 Å². The Balaban J connectivity index is 2.36. The molecule has 0 fully saturated rings. The highest BCUT2D eigenvalue weighted by molar-refractivity contribution is 5.30. The fraction of sp³-hybridized carbons (Fsp3) is 0.500. The number of nitrogens with one attached hydrogen (secondary N) is 1. The molecule has 1 aliphatic rings. The Labute approximate surface area is 73.0 Å². The summed E-state index contributed by atoms with van der Waals surface area (Å²) in [4.78, 5) is 4.15. The van der Waals surface area contributed by atoms with Gasteiger partial charge in [-0.25, -0.2) is 0 Å². The Kier molecular flexibility index (Phi) is 1.85. The molecule has 1 aromatic heterocycles. The van der Waals surface area contributed by atoms with E-state index in [-0.39, 0.29) is 0 Å². The van der Waals surface area contributed by atoms with E-state index in [2.05, 4.69) is 30.2 Å². The maximum Gasteiger partial charge on any atom is 0.0364 e. The first kappa shape index (κ1) is 7.74. The molecule has 1 aliphatic heterocycles. The van der Waals surface area contributed by atoms with Gasteiger partial charge in [0.25, 0.3) is 0 Å². The number of hydrogen-bond donors (Lipinski definition) is 1. The number of pyridine rings is 1. The molecule has 12 heavy (non-hydrogen) atoms. The average molecular weight is 162 g/mol. The minimum Gasteiger partial charge on any atom is -0.306 e. The molecule has 0 saturated carbocycles. The van der Waals surface area contributed by atoms with Crippen molar-refractivity contribution in [2.24, 2.45) is 5.92 Å². The van der Waals surface area contributed by atoms with Crippen molar-refractivity contribution in [1.82, 2.24) is 10.3 Å². The van der Waals surface area contributed by atoms with Gasteiger partial charge in [-0.15, -0.1) is 0 Å². The third-order valence-corrected chi connectivity index (χ3v) is 2.46. The van der Waals surface area contributed by atoms with Gasteiger partial charge in [-0.05, 0) is 23.1 Å². The molecule has 1 N–H and O–H groups in total. The lowest BCUT2D eigenvalue weighted by atomic mass is 9.98. The van der Waals surface area contributed by atoms with Crippen LogP contribution in [0.15, 0.2) is 18.5 Å². The van der Waals surface area contributed by atoms with Crippen molar-refractivity contribution in [3.63, 3.8) is 0 Å². The van der Waals surface area contributed by atoms with Gasteiger partial charge >= 0.3 is 0 Å². The first-order valence-corrected chi connectivity index (χ1v) is 4.45. The van der Waals surface area contributed by atoms with E-state index < -0.39 is 0 Å². The molecule has 2 heterocycles. The van der Waals surface area contributed by atoms with Crippen LogP contribution in [0.25, 0.3) is 0 Å².